The molecule has 0 saturated carbocycles. The van der Waals surface area contributed by atoms with Gasteiger partial charge in [-0.05, 0) is 36.4 Å². The van der Waals surface area contributed by atoms with Crippen LogP contribution in [0.5, 0.6) is 11.5 Å². The minimum atomic E-state index is 0.484. The summed E-state index contributed by atoms with van der Waals surface area (Å²) in [6.07, 6.45) is 1.60. The molecule has 0 bridgehead atoms. The van der Waals surface area contributed by atoms with E-state index in [0.717, 1.165) is 11.4 Å². The Balaban J connectivity index is 2.11. The molecule has 2 rings (SSSR count). The molecule has 1 aromatic carbocycles. The van der Waals surface area contributed by atoms with E-state index in [0.29, 0.717) is 11.6 Å². The van der Waals surface area contributed by atoms with Crippen molar-refractivity contribution in [2.24, 2.45) is 0 Å². The van der Waals surface area contributed by atoms with Crippen LogP contribution in [0.25, 0.3) is 0 Å². The van der Waals surface area contributed by atoms with Crippen molar-refractivity contribution in [1.82, 2.24) is 4.98 Å². The van der Waals surface area contributed by atoms with E-state index in [9.17, 15) is 0 Å². The van der Waals surface area contributed by atoms with Crippen molar-refractivity contribution in [3.8, 4) is 11.5 Å². The molecule has 1 heterocycles. The lowest BCUT2D eigenvalue weighted by Crippen LogP contribution is -1.91. The number of hydrogen-bond acceptors (Lipinski definition) is 4. The van der Waals surface area contributed by atoms with Gasteiger partial charge in [0, 0.05) is 12.7 Å². The SMILES string of the molecule is CNc1ccc(Oc2ccc(N)nc2)cc1. The van der Waals surface area contributed by atoms with Crippen LogP contribution in [0.1, 0.15) is 0 Å². The van der Waals surface area contributed by atoms with Crippen LogP contribution in [-0.2, 0) is 0 Å². The lowest BCUT2D eigenvalue weighted by atomic mass is 10.3. The Kier molecular flexibility index (Phi) is 2.91. The van der Waals surface area contributed by atoms with E-state index in [1.807, 2.05) is 31.3 Å². The summed E-state index contributed by atoms with van der Waals surface area (Å²) in [5.74, 6) is 1.93. The molecule has 0 saturated heterocycles. The van der Waals surface area contributed by atoms with Crippen molar-refractivity contribution in [3.05, 3.63) is 42.6 Å². The Morgan fingerprint density at radius 1 is 1.06 bits per heavy atom. The van der Waals surface area contributed by atoms with Gasteiger partial charge in [-0.25, -0.2) is 4.98 Å². The molecular weight excluding hydrogens is 202 g/mol. The monoisotopic (exact) mass is 215 g/mol. The molecule has 1 aromatic heterocycles. The van der Waals surface area contributed by atoms with Gasteiger partial charge in [0.15, 0.2) is 0 Å². The fourth-order valence-electron chi connectivity index (χ4n) is 1.28. The van der Waals surface area contributed by atoms with E-state index in [4.69, 9.17) is 10.5 Å². The largest absolute Gasteiger partial charge is 0.456 e. The van der Waals surface area contributed by atoms with Crippen molar-refractivity contribution < 1.29 is 4.74 Å². The molecule has 0 fully saturated rings. The van der Waals surface area contributed by atoms with Crippen LogP contribution in [0.4, 0.5) is 11.5 Å². The maximum atomic E-state index is 5.59. The van der Waals surface area contributed by atoms with E-state index in [1.165, 1.54) is 0 Å². The highest BCUT2D eigenvalue weighted by Gasteiger charge is 1.97. The van der Waals surface area contributed by atoms with E-state index < -0.39 is 0 Å². The molecule has 0 unspecified atom stereocenters. The number of anilines is 2. The van der Waals surface area contributed by atoms with E-state index in [-0.39, 0.29) is 0 Å². The summed E-state index contributed by atoms with van der Waals surface area (Å²) in [7, 11) is 1.87. The predicted octanol–water partition coefficient (Wildman–Crippen LogP) is 2.50. The Morgan fingerprint density at radius 2 is 1.75 bits per heavy atom. The molecule has 0 spiro atoms. The van der Waals surface area contributed by atoms with Crippen LogP contribution in [0.3, 0.4) is 0 Å². The first-order chi connectivity index (χ1) is 7.78. The number of rotatable bonds is 3. The number of ether oxygens (including phenoxy) is 1. The third kappa shape index (κ3) is 2.42. The topological polar surface area (TPSA) is 60.2 Å². The normalized spacial score (nSPS) is 9.81. The number of aromatic nitrogens is 1. The lowest BCUT2D eigenvalue weighted by molar-refractivity contribution is 0.480. The third-order valence-corrected chi connectivity index (χ3v) is 2.14. The van der Waals surface area contributed by atoms with Gasteiger partial charge in [-0.1, -0.05) is 0 Å². The third-order valence-electron chi connectivity index (χ3n) is 2.14. The quantitative estimate of drug-likeness (QED) is 0.825. The fraction of sp³-hybridized carbons (Fsp3) is 0.0833. The number of nitrogens with two attached hydrogens (primary N) is 1. The van der Waals surface area contributed by atoms with Crippen molar-refractivity contribution in [2.75, 3.05) is 18.1 Å². The Morgan fingerprint density at radius 3 is 2.31 bits per heavy atom. The zero-order valence-electron chi connectivity index (χ0n) is 8.97. The molecular formula is C12H13N3O. The van der Waals surface area contributed by atoms with Gasteiger partial charge in [0.25, 0.3) is 0 Å². The molecule has 16 heavy (non-hydrogen) atoms. The fourth-order valence-corrected chi connectivity index (χ4v) is 1.28. The predicted molar refractivity (Wildman–Crippen MR) is 64.7 cm³/mol. The summed E-state index contributed by atoms with van der Waals surface area (Å²) in [5, 5.41) is 3.04. The van der Waals surface area contributed by atoms with Gasteiger partial charge in [0.05, 0.1) is 6.20 Å². The molecule has 0 radical (unpaired) electrons. The number of nitrogen functional groups attached to an aromatic ring is 1. The molecule has 4 heteroatoms. The number of benzene rings is 1. The average Bonchev–Trinajstić information content (AvgIpc) is 2.33. The summed E-state index contributed by atoms with van der Waals surface area (Å²) in [6, 6.07) is 11.2. The molecule has 0 atom stereocenters. The van der Waals surface area contributed by atoms with Crippen LogP contribution in [0, 0.1) is 0 Å². The highest BCUT2D eigenvalue weighted by Crippen LogP contribution is 2.22. The van der Waals surface area contributed by atoms with Crippen LogP contribution >= 0.6 is 0 Å². The standard InChI is InChI=1S/C12H13N3O/c1-14-9-2-4-10(5-3-9)16-11-6-7-12(13)15-8-11/h2-8,14H,1H3,(H2,13,15). The van der Waals surface area contributed by atoms with Crippen molar-refractivity contribution in [1.29, 1.82) is 0 Å². The van der Waals surface area contributed by atoms with Gasteiger partial charge < -0.3 is 15.8 Å². The second kappa shape index (κ2) is 4.53. The molecule has 4 nitrogen and oxygen atoms in total. The van der Waals surface area contributed by atoms with E-state index >= 15 is 0 Å². The average molecular weight is 215 g/mol. The van der Waals surface area contributed by atoms with Gasteiger partial charge >= 0.3 is 0 Å². The van der Waals surface area contributed by atoms with Gasteiger partial charge in [-0.2, -0.15) is 0 Å². The van der Waals surface area contributed by atoms with Gasteiger partial charge in [-0.3, -0.25) is 0 Å². The smallest absolute Gasteiger partial charge is 0.145 e. The second-order valence-electron chi connectivity index (χ2n) is 3.30. The molecule has 2 aromatic rings. The van der Waals surface area contributed by atoms with Gasteiger partial charge in [0.2, 0.25) is 0 Å². The number of nitrogens with zero attached hydrogens (tertiary/aromatic N) is 1. The van der Waals surface area contributed by atoms with Crippen molar-refractivity contribution in [3.63, 3.8) is 0 Å². The molecule has 0 aliphatic heterocycles. The number of nitrogens with one attached hydrogen (secondary N) is 1. The molecule has 0 aliphatic carbocycles. The first kappa shape index (κ1) is 10.3. The van der Waals surface area contributed by atoms with Crippen molar-refractivity contribution >= 4 is 11.5 Å². The number of pyridine rings is 1. The van der Waals surface area contributed by atoms with Gasteiger partial charge in [0.1, 0.15) is 17.3 Å². The van der Waals surface area contributed by atoms with Crippen LogP contribution < -0.4 is 15.8 Å². The number of hydrogen-bond donors (Lipinski definition) is 2. The lowest BCUT2D eigenvalue weighted by Gasteiger charge is -2.06. The molecule has 0 aliphatic rings. The van der Waals surface area contributed by atoms with E-state index in [2.05, 4.69) is 10.3 Å². The van der Waals surface area contributed by atoms with Crippen LogP contribution in [0.15, 0.2) is 42.6 Å². The zero-order chi connectivity index (χ0) is 11.4. The second-order valence-corrected chi connectivity index (χ2v) is 3.30. The molecule has 0 amide bonds. The first-order valence-electron chi connectivity index (χ1n) is 4.95. The van der Waals surface area contributed by atoms with E-state index in [1.54, 1.807) is 18.3 Å². The highest BCUT2D eigenvalue weighted by molar-refractivity contribution is 5.46. The Hall–Kier alpha value is -2.23. The van der Waals surface area contributed by atoms with Crippen molar-refractivity contribution in [2.45, 2.75) is 0 Å². The molecule has 3 N–H and O–H groups in total. The minimum Gasteiger partial charge on any atom is -0.456 e. The van der Waals surface area contributed by atoms with Crippen LogP contribution in [0.2, 0.25) is 0 Å². The summed E-state index contributed by atoms with van der Waals surface area (Å²) < 4.78 is 5.59. The summed E-state index contributed by atoms with van der Waals surface area (Å²) in [5.41, 5.74) is 6.53. The summed E-state index contributed by atoms with van der Waals surface area (Å²) >= 11 is 0. The zero-order valence-corrected chi connectivity index (χ0v) is 8.97. The Bertz CT molecular complexity index is 451. The maximum Gasteiger partial charge on any atom is 0.145 e. The Labute approximate surface area is 94.1 Å². The van der Waals surface area contributed by atoms with Gasteiger partial charge in [-0.15, -0.1) is 0 Å². The summed E-state index contributed by atoms with van der Waals surface area (Å²) in [4.78, 5) is 3.95. The summed E-state index contributed by atoms with van der Waals surface area (Å²) in [6.45, 7) is 0. The minimum absolute atomic E-state index is 0.484. The molecule has 82 valence electrons. The maximum absolute atomic E-state index is 5.59. The highest BCUT2D eigenvalue weighted by atomic mass is 16.5. The first-order valence-corrected chi connectivity index (χ1v) is 4.95. The van der Waals surface area contributed by atoms with Crippen LogP contribution in [-0.4, -0.2) is 12.0 Å².